The van der Waals surface area contributed by atoms with E-state index in [4.69, 9.17) is 0 Å². The molecule has 4 rings (SSSR count). The average molecular weight is 642 g/mol. The molecule has 1 heterocycles. The largest absolute Gasteiger partial charge is 0.390 e. The summed E-state index contributed by atoms with van der Waals surface area (Å²) in [5, 5.41) is 35.9. The number of aromatic nitrogens is 1. The molecule has 0 aliphatic heterocycles. The fourth-order valence-corrected chi connectivity index (χ4v) is 7.80. The molecule has 2 aliphatic carbocycles. The van der Waals surface area contributed by atoms with Crippen molar-refractivity contribution in [2.45, 2.75) is 141 Å². The van der Waals surface area contributed by atoms with Gasteiger partial charge >= 0.3 is 0 Å². The SMILES string of the molecule is CC(C)C[C@H](O)[C@H](O)[C@H](CC1CCCCC1)N(Cc1cscn1)C(=O)CCC(=O)N(Cc1ccccc1)CC1(O)CCCCC1. The number of carbonyl (C=O) groups is 2. The molecule has 2 fully saturated rings. The van der Waals surface area contributed by atoms with Gasteiger partial charge in [0.1, 0.15) is 6.10 Å². The van der Waals surface area contributed by atoms with Crippen LogP contribution in [0.25, 0.3) is 0 Å². The molecule has 2 saturated carbocycles. The lowest BCUT2D eigenvalue weighted by Gasteiger charge is -2.40. The topological polar surface area (TPSA) is 114 Å². The summed E-state index contributed by atoms with van der Waals surface area (Å²) < 4.78 is 0. The van der Waals surface area contributed by atoms with E-state index in [1.807, 2.05) is 49.6 Å². The normalized spacial score (nSPS) is 19.2. The Labute approximate surface area is 273 Å². The van der Waals surface area contributed by atoms with Gasteiger partial charge < -0.3 is 25.1 Å². The van der Waals surface area contributed by atoms with E-state index in [1.165, 1.54) is 17.8 Å². The summed E-state index contributed by atoms with van der Waals surface area (Å²) in [5.74, 6) is 0.183. The van der Waals surface area contributed by atoms with Crippen molar-refractivity contribution < 1.29 is 24.9 Å². The molecule has 0 spiro atoms. The quantitative estimate of drug-likeness (QED) is 0.205. The lowest BCUT2D eigenvalue weighted by atomic mass is 9.81. The maximum atomic E-state index is 14.1. The fraction of sp³-hybridized carbons (Fsp3) is 0.694. The molecule has 250 valence electrons. The van der Waals surface area contributed by atoms with Gasteiger partial charge in [0, 0.05) is 31.3 Å². The fourth-order valence-electron chi connectivity index (χ4n) is 7.25. The molecule has 0 unspecified atom stereocenters. The van der Waals surface area contributed by atoms with Crippen LogP contribution in [0.15, 0.2) is 41.2 Å². The van der Waals surface area contributed by atoms with Crippen molar-refractivity contribution in [1.29, 1.82) is 0 Å². The first-order valence-corrected chi connectivity index (χ1v) is 18.1. The molecular formula is C36H55N3O5S. The second-order valence-corrected chi connectivity index (χ2v) is 14.7. The summed E-state index contributed by atoms with van der Waals surface area (Å²) in [5.41, 5.74) is 2.55. The van der Waals surface area contributed by atoms with Gasteiger partial charge in [-0.05, 0) is 43.1 Å². The highest BCUT2D eigenvalue weighted by atomic mass is 32.1. The van der Waals surface area contributed by atoms with Crippen molar-refractivity contribution in [2.75, 3.05) is 6.54 Å². The van der Waals surface area contributed by atoms with Gasteiger partial charge in [-0.2, -0.15) is 0 Å². The third kappa shape index (κ3) is 11.2. The Bertz CT molecular complexity index is 1150. The molecule has 3 atom stereocenters. The van der Waals surface area contributed by atoms with Crippen molar-refractivity contribution in [2.24, 2.45) is 11.8 Å². The van der Waals surface area contributed by atoms with Crippen LogP contribution in [0.3, 0.4) is 0 Å². The van der Waals surface area contributed by atoms with Crippen LogP contribution in [0.1, 0.15) is 115 Å². The average Bonchev–Trinajstić information content (AvgIpc) is 3.55. The van der Waals surface area contributed by atoms with Crippen molar-refractivity contribution in [3.8, 4) is 0 Å². The predicted molar refractivity (Wildman–Crippen MR) is 178 cm³/mol. The number of amides is 2. The summed E-state index contributed by atoms with van der Waals surface area (Å²) in [7, 11) is 0. The van der Waals surface area contributed by atoms with Gasteiger partial charge in [0.2, 0.25) is 11.8 Å². The van der Waals surface area contributed by atoms with Crippen molar-refractivity contribution in [3.05, 3.63) is 52.5 Å². The number of benzene rings is 1. The van der Waals surface area contributed by atoms with E-state index >= 15 is 0 Å². The lowest BCUT2D eigenvalue weighted by Crippen LogP contribution is -2.52. The Morgan fingerprint density at radius 1 is 0.956 bits per heavy atom. The van der Waals surface area contributed by atoms with Crippen LogP contribution < -0.4 is 0 Å². The Balaban J connectivity index is 1.53. The van der Waals surface area contributed by atoms with E-state index in [2.05, 4.69) is 4.98 Å². The highest BCUT2D eigenvalue weighted by Crippen LogP contribution is 2.33. The Morgan fingerprint density at radius 3 is 2.27 bits per heavy atom. The minimum atomic E-state index is -1.09. The first-order chi connectivity index (χ1) is 21.6. The van der Waals surface area contributed by atoms with Crippen LogP contribution >= 0.6 is 11.3 Å². The number of nitrogens with zero attached hydrogens (tertiary/aromatic N) is 3. The zero-order chi connectivity index (χ0) is 32.2. The Kier molecular flexibility index (Phi) is 13.9. The summed E-state index contributed by atoms with van der Waals surface area (Å²) in [6.07, 6.45) is 8.93. The van der Waals surface area contributed by atoms with E-state index in [-0.39, 0.29) is 43.7 Å². The lowest BCUT2D eigenvalue weighted by molar-refractivity contribution is -0.145. The molecular weight excluding hydrogens is 586 g/mol. The molecule has 2 aliphatic rings. The maximum absolute atomic E-state index is 14.1. The molecule has 1 aromatic heterocycles. The van der Waals surface area contributed by atoms with E-state index in [0.717, 1.165) is 56.2 Å². The van der Waals surface area contributed by atoms with Crippen molar-refractivity contribution in [3.63, 3.8) is 0 Å². The minimum absolute atomic E-state index is 0.0100. The van der Waals surface area contributed by atoms with Crippen LogP contribution in [-0.4, -0.2) is 72.3 Å². The summed E-state index contributed by atoms with van der Waals surface area (Å²) >= 11 is 1.46. The van der Waals surface area contributed by atoms with Gasteiger partial charge in [-0.15, -0.1) is 11.3 Å². The molecule has 2 amide bonds. The molecule has 45 heavy (non-hydrogen) atoms. The van der Waals surface area contributed by atoms with Crippen LogP contribution in [0.4, 0.5) is 0 Å². The van der Waals surface area contributed by atoms with Crippen molar-refractivity contribution >= 4 is 23.2 Å². The van der Waals surface area contributed by atoms with Crippen LogP contribution in [-0.2, 0) is 22.7 Å². The van der Waals surface area contributed by atoms with Crippen LogP contribution in [0.2, 0.25) is 0 Å². The molecule has 1 aromatic carbocycles. The van der Waals surface area contributed by atoms with Gasteiger partial charge in [0.15, 0.2) is 0 Å². The molecule has 0 radical (unpaired) electrons. The zero-order valence-corrected chi connectivity index (χ0v) is 28.2. The van der Waals surface area contributed by atoms with Gasteiger partial charge in [-0.25, -0.2) is 4.98 Å². The standard InChI is InChI=1S/C36H55N3O5S/c1-27(2)20-32(40)35(43)31(21-28-12-6-3-7-13-28)39(23-30-24-45-26-37-30)34(42)17-16-33(41)38(22-29-14-8-4-9-15-29)25-36(44)18-10-5-11-19-36/h4,8-9,14-15,24,26-28,31-32,35,40,43-44H,3,5-7,10-13,16-23,25H2,1-2H3/t31-,32-,35+/m0/s1. The predicted octanol–water partition coefficient (Wildman–Crippen LogP) is 6.08. The second kappa shape index (κ2) is 17.5. The molecule has 3 N–H and O–H groups in total. The first kappa shape index (κ1) is 35.5. The number of aliphatic hydroxyl groups is 3. The number of hydrogen-bond donors (Lipinski definition) is 3. The molecule has 0 saturated heterocycles. The van der Waals surface area contributed by atoms with E-state index < -0.39 is 23.9 Å². The van der Waals surface area contributed by atoms with Gasteiger partial charge in [0.25, 0.3) is 0 Å². The van der Waals surface area contributed by atoms with Gasteiger partial charge in [0.05, 0.1) is 35.5 Å². The monoisotopic (exact) mass is 641 g/mol. The third-order valence-corrected chi connectivity index (χ3v) is 10.4. The van der Waals surface area contributed by atoms with Crippen LogP contribution in [0, 0.1) is 11.8 Å². The first-order valence-electron chi connectivity index (χ1n) is 17.2. The number of aliphatic hydroxyl groups excluding tert-OH is 2. The summed E-state index contributed by atoms with van der Waals surface area (Å²) in [6, 6.07) is 9.21. The minimum Gasteiger partial charge on any atom is -0.390 e. The summed E-state index contributed by atoms with van der Waals surface area (Å²) in [6.45, 7) is 4.89. The van der Waals surface area contributed by atoms with E-state index in [9.17, 15) is 24.9 Å². The zero-order valence-electron chi connectivity index (χ0n) is 27.4. The second-order valence-electron chi connectivity index (χ2n) is 14.0. The third-order valence-electron chi connectivity index (χ3n) is 9.73. The number of carbonyl (C=O) groups excluding carboxylic acids is 2. The van der Waals surface area contributed by atoms with E-state index in [1.54, 1.807) is 15.3 Å². The molecule has 9 heteroatoms. The smallest absolute Gasteiger partial charge is 0.223 e. The number of rotatable bonds is 16. The van der Waals surface area contributed by atoms with E-state index in [0.29, 0.717) is 38.1 Å². The molecule has 2 aromatic rings. The Hall–Kier alpha value is -2.33. The van der Waals surface area contributed by atoms with Crippen molar-refractivity contribution in [1.82, 2.24) is 14.8 Å². The highest BCUT2D eigenvalue weighted by molar-refractivity contribution is 7.07. The maximum Gasteiger partial charge on any atom is 0.223 e. The molecule has 8 nitrogen and oxygen atoms in total. The van der Waals surface area contributed by atoms with Gasteiger partial charge in [-0.3, -0.25) is 9.59 Å². The number of hydrogen-bond acceptors (Lipinski definition) is 7. The highest BCUT2D eigenvalue weighted by Gasteiger charge is 2.37. The number of thiazole rings is 1. The van der Waals surface area contributed by atoms with Gasteiger partial charge in [-0.1, -0.05) is 95.5 Å². The van der Waals surface area contributed by atoms with Crippen LogP contribution in [0.5, 0.6) is 0 Å². The Morgan fingerprint density at radius 2 is 1.62 bits per heavy atom. The summed E-state index contributed by atoms with van der Waals surface area (Å²) in [4.78, 5) is 35.8. The molecule has 0 bridgehead atoms.